The molecule has 0 saturated heterocycles. The van der Waals surface area contributed by atoms with E-state index in [1.54, 1.807) is 0 Å². The molecule has 0 saturated carbocycles. The predicted octanol–water partition coefficient (Wildman–Crippen LogP) is 2.41. The molecular weight excluding hydrogens is 268 g/mol. The summed E-state index contributed by atoms with van der Waals surface area (Å²) in [4.78, 5) is 0. The van der Waals surface area contributed by atoms with Crippen molar-refractivity contribution in [1.82, 2.24) is 10.6 Å². The number of anilines is 1. The van der Waals surface area contributed by atoms with E-state index in [1.807, 2.05) is 30.3 Å². The first-order chi connectivity index (χ1) is 9.52. The summed E-state index contributed by atoms with van der Waals surface area (Å²) >= 11 is 5.35. The second-order valence-corrected chi connectivity index (χ2v) is 5.46. The van der Waals surface area contributed by atoms with Crippen molar-refractivity contribution in [3.63, 3.8) is 0 Å². The summed E-state index contributed by atoms with van der Waals surface area (Å²) in [5, 5.41) is 10.1. The van der Waals surface area contributed by atoms with Gasteiger partial charge in [-0.2, -0.15) is 0 Å². The van der Waals surface area contributed by atoms with Crippen molar-refractivity contribution < 1.29 is 0 Å². The molecule has 0 heterocycles. The van der Waals surface area contributed by atoms with E-state index in [-0.39, 0.29) is 6.04 Å². The lowest BCUT2D eigenvalue weighted by atomic mass is 10.0. The maximum Gasteiger partial charge on any atom is 0.171 e. The number of nitrogens with one attached hydrogen (secondary N) is 3. The summed E-state index contributed by atoms with van der Waals surface area (Å²) in [6.45, 7) is 8.72. The fourth-order valence-electron chi connectivity index (χ4n) is 1.86. The Morgan fingerprint density at radius 3 is 2.50 bits per heavy atom. The van der Waals surface area contributed by atoms with Gasteiger partial charge in [-0.25, -0.2) is 0 Å². The van der Waals surface area contributed by atoms with Gasteiger partial charge in [-0.1, -0.05) is 38.6 Å². The van der Waals surface area contributed by atoms with Gasteiger partial charge in [0.2, 0.25) is 0 Å². The van der Waals surface area contributed by atoms with Crippen LogP contribution in [0.2, 0.25) is 0 Å². The van der Waals surface area contributed by atoms with E-state index in [0.717, 1.165) is 17.8 Å². The summed E-state index contributed by atoms with van der Waals surface area (Å²) in [7, 11) is 0. The van der Waals surface area contributed by atoms with Crippen molar-refractivity contribution in [3.05, 3.63) is 42.6 Å². The lowest BCUT2D eigenvalue weighted by Crippen LogP contribution is -2.43. The molecule has 0 bridgehead atoms. The number of benzene rings is 1. The molecule has 0 unspecified atom stereocenters. The third-order valence-electron chi connectivity index (χ3n) is 2.79. The molecule has 0 amide bonds. The highest BCUT2D eigenvalue weighted by molar-refractivity contribution is 7.80. The lowest BCUT2D eigenvalue weighted by Gasteiger charge is -2.25. The first kappa shape index (κ1) is 16.5. The number of hydrogen-bond acceptors (Lipinski definition) is 3. The Hall–Kier alpha value is -1.59. The molecular formula is C15H24N4S. The molecule has 0 spiro atoms. The van der Waals surface area contributed by atoms with Crippen molar-refractivity contribution in [2.45, 2.75) is 26.3 Å². The van der Waals surface area contributed by atoms with Crippen LogP contribution in [0.25, 0.3) is 0 Å². The van der Waals surface area contributed by atoms with Crippen molar-refractivity contribution in [2.24, 2.45) is 11.7 Å². The molecule has 1 atom stereocenters. The minimum Gasteiger partial charge on any atom is -0.375 e. The highest BCUT2D eigenvalue weighted by Crippen LogP contribution is 2.11. The van der Waals surface area contributed by atoms with Gasteiger partial charge in [0.1, 0.15) is 0 Å². The Labute approximate surface area is 126 Å². The maximum atomic E-state index is 5.50. The Morgan fingerprint density at radius 1 is 1.30 bits per heavy atom. The maximum absolute atomic E-state index is 5.50. The lowest BCUT2D eigenvalue weighted by molar-refractivity contribution is 0.488. The minimum absolute atomic E-state index is 0.0577. The van der Waals surface area contributed by atoms with Gasteiger partial charge in [0.05, 0.1) is 12.7 Å². The van der Waals surface area contributed by atoms with Crippen molar-refractivity contribution in [1.29, 1.82) is 0 Å². The normalized spacial score (nSPS) is 11.8. The highest BCUT2D eigenvalue weighted by Gasteiger charge is 2.15. The van der Waals surface area contributed by atoms with Crippen LogP contribution < -0.4 is 21.7 Å². The highest BCUT2D eigenvalue weighted by atomic mass is 32.1. The zero-order valence-corrected chi connectivity index (χ0v) is 13.0. The molecule has 1 rings (SSSR count). The molecule has 20 heavy (non-hydrogen) atoms. The van der Waals surface area contributed by atoms with Crippen LogP contribution in [0.5, 0.6) is 0 Å². The monoisotopic (exact) mass is 292 g/mol. The van der Waals surface area contributed by atoms with Crippen LogP contribution >= 0.6 is 12.2 Å². The molecule has 0 aliphatic carbocycles. The molecule has 1 aromatic carbocycles. The Bertz CT molecular complexity index is 431. The average Bonchev–Trinajstić information content (AvgIpc) is 2.38. The molecule has 4 nitrogen and oxygen atoms in total. The standard InChI is InChI=1S/C15H24N4S/c1-11(2)9-14(12(3)17-10-16)19-15(20)18-13-7-5-4-6-8-13/h4-8,11,14,17H,3,9-10,16H2,1-2H3,(H2,18,19,20)/t14-/m0/s1. The first-order valence-corrected chi connectivity index (χ1v) is 7.19. The van der Waals surface area contributed by atoms with E-state index < -0.39 is 0 Å². The van der Waals surface area contributed by atoms with Crippen molar-refractivity contribution >= 4 is 23.0 Å². The van der Waals surface area contributed by atoms with Crippen LogP contribution in [0.3, 0.4) is 0 Å². The smallest absolute Gasteiger partial charge is 0.171 e. The van der Waals surface area contributed by atoms with Crippen LogP contribution in [0.15, 0.2) is 42.6 Å². The molecule has 0 aliphatic heterocycles. The van der Waals surface area contributed by atoms with Crippen LogP contribution in [0.1, 0.15) is 20.3 Å². The van der Waals surface area contributed by atoms with Gasteiger partial charge in [-0.05, 0) is 36.7 Å². The van der Waals surface area contributed by atoms with Crippen molar-refractivity contribution in [3.8, 4) is 0 Å². The van der Waals surface area contributed by atoms with Crippen LogP contribution in [0.4, 0.5) is 5.69 Å². The summed E-state index contributed by atoms with van der Waals surface area (Å²) in [6.07, 6.45) is 0.933. The fraction of sp³-hybridized carbons (Fsp3) is 0.400. The van der Waals surface area contributed by atoms with Gasteiger partial charge in [-0.15, -0.1) is 0 Å². The third kappa shape index (κ3) is 6.04. The second-order valence-electron chi connectivity index (χ2n) is 5.05. The minimum atomic E-state index is 0.0577. The van der Waals surface area contributed by atoms with E-state index in [0.29, 0.717) is 17.7 Å². The summed E-state index contributed by atoms with van der Waals surface area (Å²) in [6, 6.07) is 9.89. The quantitative estimate of drug-likeness (QED) is 0.459. The number of para-hydroxylation sites is 1. The van der Waals surface area contributed by atoms with Gasteiger partial charge in [0.15, 0.2) is 5.11 Å². The van der Waals surface area contributed by atoms with Gasteiger partial charge in [0.25, 0.3) is 0 Å². The van der Waals surface area contributed by atoms with E-state index in [4.69, 9.17) is 18.0 Å². The number of hydrogen-bond donors (Lipinski definition) is 4. The van der Waals surface area contributed by atoms with Gasteiger partial charge in [-0.3, -0.25) is 0 Å². The topological polar surface area (TPSA) is 62.1 Å². The van der Waals surface area contributed by atoms with Crippen LogP contribution in [-0.2, 0) is 0 Å². The summed E-state index contributed by atoms with van der Waals surface area (Å²) < 4.78 is 0. The first-order valence-electron chi connectivity index (χ1n) is 6.78. The summed E-state index contributed by atoms with van der Waals surface area (Å²) in [5.41, 5.74) is 7.33. The second kappa shape index (κ2) is 8.55. The molecule has 110 valence electrons. The number of nitrogens with two attached hydrogens (primary N) is 1. The molecule has 1 aromatic rings. The zero-order chi connectivity index (χ0) is 15.0. The van der Waals surface area contributed by atoms with E-state index in [2.05, 4.69) is 36.4 Å². The summed E-state index contributed by atoms with van der Waals surface area (Å²) in [5.74, 6) is 0.531. The van der Waals surface area contributed by atoms with Crippen molar-refractivity contribution in [2.75, 3.05) is 12.0 Å². The van der Waals surface area contributed by atoms with Crippen LogP contribution in [-0.4, -0.2) is 17.8 Å². The number of rotatable bonds is 7. The molecule has 0 radical (unpaired) electrons. The third-order valence-corrected chi connectivity index (χ3v) is 3.01. The van der Waals surface area contributed by atoms with E-state index >= 15 is 0 Å². The molecule has 0 fully saturated rings. The predicted molar refractivity (Wildman–Crippen MR) is 90.4 cm³/mol. The molecule has 0 aliphatic rings. The van der Waals surface area contributed by atoms with E-state index in [9.17, 15) is 0 Å². The Kier molecular flexibility index (Phi) is 7.04. The fourth-order valence-corrected chi connectivity index (χ4v) is 2.12. The Balaban J connectivity index is 2.59. The largest absolute Gasteiger partial charge is 0.375 e. The zero-order valence-electron chi connectivity index (χ0n) is 12.1. The van der Waals surface area contributed by atoms with Crippen LogP contribution in [0, 0.1) is 5.92 Å². The molecule has 0 aromatic heterocycles. The van der Waals surface area contributed by atoms with E-state index in [1.165, 1.54) is 0 Å². The number of thiocarbonyl (C=S) groups is 1. The molecule has 5 heteroatoms. The Morgan fingerprint density at radius 2 is 1.95 bits per heavy atom. The van der Waals surface area contributed by atoms with Gasteiger partial charge >= 0.3 is 0 Å². The van der Waals surface area contributed by atoms with Gasteiger partial charge < -0.3 is 21.7 Å². The van der Waals surface area contributed by atoms with Gasteiger partial charge in [0, 0.05) is 11.4 Å². The molecule has 5 N–H and O–H groups in total. The SMILES string of the molecule is C=C(NCN)[C@H](CC(C)C)NC(=S)Nc1ccccc1. The average molecular weight is 292 g/mol.